The van der Waals surface area contributed by atoms with Crippen LogP contribution in [-0.4, -0.2) is 21.0 Å². The molecule has 0 radical (unpaired) electrons. The summed E-state index contributed by atoms with van der Waals surface area (Å²) >= 11 is 0. The molecule has 2 N–H and O–H groups in total. The van der Waals surface area contributed by atoms with Crippen LogP contribution in [0.5, 0.6) is 0 Å². The van der Waals surface area contributed by atoms with Crippen LogP contribution in [0, 0.1) is 5.92 Å². The minimum Gasteiger partial charge on any atom is -0.385 e. The predicted octanol–water partition coefficient (Wildman–Crippen LogP) is 3.15. The van der Waals surface area contributed by atoms with E-state index in [2.05, 4.69) is 23.9 Å². The number of nitrogens with one attached hydrogen (secondary N) is 2. The van der Waals surface area contributed by atoms with Crippen LogP contribution >= 0.6 is 0 Å². The third kappa shape index (κ3) is 4.20. The summed E-state index contributed by atoms with van der Waals surface area (Å²) < 4.78 is 27.7. The van der Waals surface area contributed by atoms with Gasteiger partial charge in [0.2, 0.25) is 10.0 Å². The molecule has 2 atom stereocenters. The van der Waals surface area contributed by atoms with E-state index in [1.807, 2.05) is 13.0 Å². The molecule has 1 heterocycles. The largest absolute Gasteiger partial charge is 0.385 e. The molecule has 5 heteroatoms. The number of anilines is 1. The van der Waals surface area contributed by atoms with E-state index in [0.717, 1.165) is 37.9 Å². The van der Waals surface area contributed by atoms with Crippen molar-refractivity contribution < 1.29 is 8.42 Å². The first-order valence-electron chi connectivity index (χ1n) is 7.81. The smallest absolute Gasteiger partial charge is 0.240 e. The van der Waals surface area contributed by atoms with Gasteiger partial charge >= 0.3 is 0 Å². The number of hydrogen-bond donors (Lipinski definition) is 2. The van der Waals surface area contributed by atoms with Gasteiger partial charge in [-0.15, -0.1) is 0 Å². The molecule has 1 aromatic carbocycles. The number of sulfonamides is 1. The molecule has 0 saturated carbocycles. The SMILES string of the molecule is CCC(C)CC(C)NS(=O)(=O)c1ccc2c(c1)NCCC2. The molecule has 1 aliphatic heterocycles. The highest BCUT2D eigenvalue weighted by atomic mass is 32.2. The molecular weight excluding hydrogens is 284 g/mol. The summed E-state index contributed by atoms with van der Waals surface area (Å²) in [5.74, 6) is 0.521. The maximum atomic E-state index is 12.5. The van der Waals surface area contributed by atoms with Crippen LogP contribution in [0.4, 0.5) is 5.69 Å². The van der Waals surface area contributed by atoms with E-state index in [1.165, 1.54) is 5.56 Å². The second-order valence-corrected chi connectivity index (χ2v) is 7.83. The Hall–Kier alpha value is -1.07. The molecule has 0 aliphatic carbocycles. The monoisotopic (exact) mass is 310 g/mol. The van der Waals surface area contributed by atoms with Crippen LogP contribution in [-0.2, 0) is 16.4 Å². The van der Waals surface area contributed by atoms with Crippen molar-refractivity contribution in [3.63, 3.8) is 0 Å². The van der Waals surface area contributed by atoms with Crippen molar-refractivity contribution in [3.8, 4) is 0 Å². The molecule has 0 saturated heterocycles. The van der Waals surface area contributed by atoms with Gasteiger partial charge in [-0.2, -0.15) is 0 Å². The second kappa shape index (κ2) is 6.79. The maximum absolute atomic E-state index is 12.5. The zero-order valence-corrected chi connectivity index (χ0v) is 14.0. The fourth-order valence-corrected chi connectivity index (χ4v) is 4.04. The molecule has 2 rings (SSSR count). The minimum atomic E-state index is -3.44. The van der Waals surface area contributed by atoms with Crippen LogP contribution < -0.4 is 10.0 Å². The van der Waals surface area contributed by atoms with Gasteiger partial charge in [0, 0.05) is 18.3 Å². The standard InChI is InChI=1S/C16H26N2O2S/c1-4-12(2)10-13(3)18-21(19,20)15-8-7-14-6-5-9-17-16(14)11-15/h7-8,11-13,17-18H,4-6,9-10H2,1-3H3. The van der Waals surface area contributed by atoms with E-state index in [0.29, 0.717) is 10.8 Å². The predicted molar refractivity (Wildman–Crippen MR) is 87.1 cm³/mol. The lowest BCUT2D eigenvalue weighted by molar-refractivity contribution is 0.445. The molecule has 1 aliphatic rings. The summed E-state index contributed by atoms with van der Waals surface area (Å²) in [6, 6.07) is 5.35. The van der Waals surface area contributed by atoms with Gasteiger partial charge in [0.1, 0.15) is 0 Å². The van der Waals surface area contributed by atoms with Crippen molar-refractivity contribution in [2.75, 3.05) is 11.9 Å². The highest BCUT2D eigenvalue weighted by Crippen LogP contribution is 2.25. The molecule has 0 spiro atoms. The van der Waals surface area contributed by atoms with E-state index in [1.54, 1.807) is 12.1 Å². The topological polar surface area (TPSA) is 58.2 Å². The summed E-state index contributed by atoms with van der Waals surface area (Å²) in [5.41, 5.74) is 2.16. The molecule has 21 heavy (non-hydrogen) atoms. The summed E-state index contributed by atoms with van der Waals surface area (Å²) in [7, 11) is -3.44. The lowest BCUT2D eigenvalue weighted by Gasteiger charge is -2.20. The molecule has 4 nitrogen and oxygen atoms in total. The first kappa shape index (κ1) is 16.3. The van der Waals surface area contributed by atoms with Crippen molar-refractivity contribution in [3.05, 3.63) is 23.8 Å². The molecule has 118 valence electrons. The molecular formula is C16H26N2O2S. The Balaban J connectivity index is 2.12. The Morgan fingerprint density at radius 3 is 2.81 bits per heavy atom. The van der Waals surface area contributed by atoms with E-state index >= 15 is 0 Å². The normalized spacial score (nSPS) is 17.7. The molecule has 0 aromatic heterocycles. The Bertz CT molecular complexity index is 584. The van der Waals surface area contributed by atoms with Crippen molar-refractivity contribution in [2.45, 2.75) is 57.4 Å². The molecule has 1 aromatic rings. The van der Waals surface area contributed by atoms with Gasteiger partial charge in [0.15, 0.2) is 0 Å². The van der Waals surface area contributed by atoms with Crippen LogP contribution in [0.15, 0.2) is 23.1 Å². The fraction of sp³-hybridized carbons (Fsp3) is 0.625. The molecule has 0 amide bonds. The van der Waals surface area contributed by atoms with Crippen LogP contribution in [0.1, 0.15) is 45.6 Å². The Kier molecular flexibility index (Phi) is 5.27. The zero-order chi connectivity index (χ0) is 15.5. The minimum absolute atomic E-state index is 0.0473. The number of fused-ring (bicyclic) bond motifs is 1. The van der Waals surface area contributed by atoms with E-state index in [-0.39, 0.29) is 6.04 Å². The van der Waals surface area contributed by atoms with Crippen molar-refractivity contribution in [1.29, 1.82) is 0 Å². The van der Waals surface area contributed by atoms with Crippen molar-refractivity contribution in [2.24, 2.45) is 5.92 Å². The molecule has 0 bridgehead atoms. The lowest BCUT2D eigenvalue weighted by Crippen LogP contribution is -2.33. The second-order valence-electron chi connectivity index (χ2n) is 6.12. The average molecular weight is 310 g/mol. The van der Waals surface area contributed by atoms with Crippen molar-refractivity contribution in [1.82, 2.24) is 4.72 Å². The number of aryl methyl sites for hydroxylation is 1. The summed E-state index contributed by atoms with van der Waals surface area (Å²) in [6.45, 7) is 7.11. The van der Waals surface area contributed by atoms with Gasteiger partial charge in [-0.05, 0) is 49.8 Å². The van der Waals surface area contributed by atoms with E-state index < -0.39 is 10.0 Å². The van der Waals surface area contributed by atoms with Gasteiger partial charge in [-0.25, -0.2) is 13.1 Å². The van der Waals surface area contributed by atoms with Gasteiger partial charge in [-0.3, -0.25) is 0 Å². The fourth-order valence-electron chi connectivity index (χ4n) is 2.76. The van der Waals surface area contributed by atoms with Gasteiger partial charge < -0.3 is 5.32 Å². The Morgan fingerprint density at radius 1 is 1.33 bits per heavy atom. The molecule has 2 unspecified atom stereocenters. The summed E-state index contributed by atoms with van der Waals surface area (Å²) in [6.07, 6.45) is 4.04. The number of hydrogen-bond acceptors (Lipinski definition) is 3. The van der Waals surface area contributed by atoms with Gasteiger partial charge in [-0.1, -0.05) is 26.3 Å². The van der Waals surface area contributed by atoms with E-state index in [4.69, 9.17) is 0 Å². The first-order chi connectivity index (χ1) is 9.92. The lowest BCUT2D eigenvalue weighted by atomic mass is 10.0. The highest BCUT2D eigenvalue weighted by Gasteiger charge is 2.20. The summed E-state index contributed by atoms with van der Waals surface area (Å²) in [5, 5.41) is 3.28. The number of benzene rings is 1. The Labute approximate surface area is 128 Å². The Morgan fingerprint density at radius 2 is 2.10 bits per heavy atom. The first-order valence-corrected chi connectivity index (χ1v) is 9.30. The van der Waals surface area contributed by atoms with Crippen molar-refractivity contribution >= 4 is 15.7 Å². The zero-order valence-electron chi connectivity index (χ0n) is 13.1. The third-order valence-corrected chi connectivity index (χ3v) is 5.73. The van der Waals surface area contributed by atoms with E-state index in [9.17, 15) is 8.42 Å². The summed E-state index contributed by atoms with van der Waals surface area (Å²) in [4.78, 5) is 0.353. The van der Waals surface area contributed by atoms with Crippen LogP contribution in [0.3, 0.4) is 0 Å². The van der Waals surface area contributed by atoms with Crippen LogP contribution in [0.2, 0.25) is 0 Å². The maximum Gasteiger partial charge on any atom is 0.240 e. The van der Waals surface area contributed by atoms with Gasteiger partial charge in [0.25, 0.3) is 0 Å². The van der Waals surface area contributed by atoms with Gasteiger partial charge in [0.05, 0.1) is 4.90 Å². The third-order valence-electron chi connectivity index (χ3n) is 4.14. The highest BCUT2D eigenvalue weighted by molar-refractivity contribution is 7.89. The number of rotatable bonds is 6. The average Bonchev–Trinajstić information content (AvgIpc) is 2.45. The molecule has 0 fully saturated rings. The quantitative estimate of drug-likeness (QED) is 0.848. The van der Waals surface area contributed by atoms with Crippen LogP contribution in [0.25, 0.3) is 0 Å².